The average Bonchev–Trinajstić information content (AvgIpc) is 2.42. The molecule has 0 fully saturated rings. The van der Waals surface area contributed by atoms with Gasteiger partial charge in [-0.1, -0.05) is 13.8 Å². The number of nitrogens with one attached hydrogen (secondary N) is 1. The van der Waals surface area contributed by atoms with Crippen LogP contribution in [-0.2, 0) is 4.74 Å². The summed E-state index contributed by atoms with van der Waals surface area (Å²) in [5.74, 6) is 0.616. The van der Waals surface area contributed by atoms with Gasteiger partial charge in [-0.15, -0.1) is 0 Å². The molecule has 2 N–H and O–H groups in total. The maximum atomic E-state index is 9.94. The lowest BCUT2D eigenvalue weighted by molar-refractivity contribution is -0.00443. The summed E-state index contributed by atoms with van der Waals surface area (Å²) < 4.78 is 5.66. The third-order valence-electron chi connectivity index (χ3n) is 3.30. The number of rotatable bonds is 9. The largest absolute Gasteiger partial charge is 0.389 e. The first-order valence-electron chi connectivity index (χ1n) is 7.69. The fourth-order valence-corrected chi connectivity index (χ4v) is 2.18. The number of hydrogen-bond donors (Lipinski definition) is 2. The van der Waals surface area contributed by atoms with E-state index in [0.717, 1.165) is 17.8 Å². The Hall–Kier alpha value is -1.26. The number of hydrogen-bond acceptors (Lipinski definition) is 4. The van der Waals surface area contributed by atoms with E-state index < -0.39 is 6.10 Å². The quantitative estimate of drug-likeness (QED) is 0.735. The highest BCUT2D eigenvalue weighted by Gasteiger charge is 2.09. The molecule has 1 rings (SSSR count). The first kappa shape index (κ1) is 17.8. The molecular weight excluding hydrogens is 264 g/mol. The molecule has 2 unspecified atom stereocenters. The number of aliphatic hydroxyl groups is 1. The van der Waals surface area contributed by atoms with E-state index >= 15 is 0 Å². The molecule has 0 heterocycles. The van der Waals surface area contributed by atoms with Gasteiger partial charge in [-0.25, -0.2) is 0 Å². The van der Waals surface area contributed by atoms with Crippen molar-refractivity contribution >= 4 is 11.4 Å². The maximum absolute atomic E-state index is 9.94. The van der Waals surface area contributed by atoms with Crippen molar-refractivity contribution in [1.82, 2.24) is 0 Å². The number of nitrogens with zero attached hydrogens (tertiary/aromatic N) is 1. The SMILES string of the molecule is CC(C)CC(C)OCC(O)CNc1ccc(N(C)C)cc1. The molecule has 0 bridgehead atoms. The topological polar surface area (TPSA) is 44.7 Å². The number of benzene rings is 1. The van der Waals surface area contributed by atoms with Crippen molar-refractivity contribution in [3.63, 3.8) is 0 Å². The van der Waals surface area contributed by atoms with Crippen LogP contribution in [0.1, 0.15) is 27.2 Å². The van der Waals surface area contributed by atoms with Crippen LogP contribution in [-0.4, -0.2) is 44.6 Å². The molecule has 0 radical (unpaired) electrons. The van der Waals surface area contributed by atoms with Crippen LogP contribution in [0.5, 0.6) is 0 Å². The zero-order chi connectivity index (χ0) is 15.8. The molecule has 1 aromatic carbocycles. The molecule has 2 atom stereocenters. The van der Waals surface area contributed by atoms with E-state index in [2.05, 4.69) is 43.1 Å². The molecule has 0 aliphatic heterocycles. The lowest BCUT2D eigenvalue weighted by Gasteiger charge is -2.19. The van der Waals surface area contributed by atoms with Gasteiger partial charge in [0.15, 0.2) is 0 Å². The van der Waals surface area contributed by atoms with Gasteiger partial charge in [-0.3, -0.25) is 0 Å². The minimum Gasteiger partial charge on any atom is -0.389 e. The monoisotopic (exact) mass is 294 g/mol. The third kappa shape index (κ3) is 7.34. The van der Waals surface area contributed by atoms with Crippen molar-refractivity contribution in [2.75, 3.05) is 37.5 Å². The zero-order valence-electron chi connectivity index (χ0n) is 14.0. The van der Waals surface area contributed by atoms with Gasteiger partial charge < -0.3 is 20.1 Å². The molecule has 0 amide bonds. The van der Waals surface area contributed by atoms with E-state index in [1.165, 1.54) is 0 Å². The minimum atomic E-state index is -0.492. The minimum absolute atomic E-state index is 0.194. The van der Waals surface area contributed by atoms with E-state index in [1.807, 2.05) is 26.2 Å². The molecular formula is C17H30N2O2. The van der Waals surface area contributed by atoms with Crippen molar-refractivity contribution in [3.05, 3.63) is 24.3 Å². The lowest BCUT2D eigenvalue weighted by atomic mass is 10.1. The van der Waals surface area contributed by atoms with E-state index in [9.17, 15) is 5.11 Å². The summed E-state index contributed by atoms with van der Waals surface area (Å²) in [6, 6.07) is 8.14. The zero-order valence-corrected chi connectivity index (χ0v) is 14.0. The van der Waals surface area contributed by atoms with Gasteiger partial charge in [0, 0.05) is 32.0 Å². The summed E-state index contributed by atoms with van der Waals surface area (Å²) in [7, 11) is 4.03. The number of aliphatic hydroxyl groups excluding tert-OH is 1. The van der Waals surface area contributed by atoms with E-state index in [1.54, 1.807) is 0 Å². The highest BCUT2D eigenvalue weighted by atomic mass is 16.5. The van der Waals surface area contributed by atoms with Crippen molar-refractivity contribution in [2.24, 2.45) is 5.92 Å². The van der Waals surface area contributed by atoms with Crippen LogP contribution >= 0.6 is 0 Å². The predicted octanol–water partition coefficient (Wildman–Crippen LogP) is 2.98. The normalized spacial score (nSPS) is 14.0. The van der Waals surface area contributed by atoms with Crippen LogP contribution in [0.25, 0.3) is 0 Å². The first-order valence-corrected chi connectivity index (χ1v) is 7.69. The Labute approximate surface area is 129 Å². The number of anilines is 2. The van der Waals surface area contributed by atoms with Crippen LogP contribution in [0.3, 0.4) is 0 Å². The van der Waals surface area contributed by atoms with Crippen molar-refractivity contribution in [3.8, 4) is 0 Å². The second kappa shape index (κ2) is 8.90. The summed E-state index contributed by atoms with van der Waals surface area (Å²) in [6.45, 7) is 7.27. The Kier molecular flexibility index (Phi) is 7.54. The Morgan fingerprint density at radius 1 is 1.14 bits per heavy atom. The van der Waals surface area contributed by atoms with E-state index in [0.29, 0.717) is 19.1 Å². The van der Waals surface area contributed by atoms with Crippen LogP contribution in [0, 0.1) is 5.92 Å². The van der Waals surface area contributed by atoms with Crippen molar-refractivity contribution < 1.29 is 9.84 Å². The summed E-state index contributed by atoms with van der Waals surface area (Å²) >= 11 is 0. The summed E-state index contributed by atoms with van der Waals surface area (Å²) in [5.41, 5.74) is 2.17. The smallest absolute Gasteiger partial charge is 0.0945 e. The maximum Gasteiger partial charge on any atom is 0.0945 e. The summed E-state index contributed by atoms with van der Waals surface area (Å²) in [4.78, 5) is 2.06. The van der Waals surface area contributed by atoms with Gasteiger partial charge in [0.2, 0.25) is 0 Å². The van der Waals surface area contributed by atoms with Crippen LogP contribution in [0.15, 0.2) is 24.3 Å². The molecule has 120 valence electrons. The second-order valence-electron chi connectivity index (χ2n) is 6.25. The Bertz CT molecular complexity index is 390. The van der Waals surface area contributed by atoms with Crippen LogP contribution in [0.2, 0.25) is 0 Å². The lowest BCUT2D eigenvalue weighted by Crippen LogP contribution is -2.27. The summed E-state index contributed by atoms with van der Waals surface area (Å²) in [6.07, 6.45) is 0.721. The highest BCUT2D eigenvalue weighted by molar-refractivity contribution is 5.54. The van der Waals surface area contributed by atoms with Gasteiger partial charge in [-0.05, 0) is 43.5 Å². The predicted molar refractivity (Wildman–Crippen MR) is 90.1 cm³/mol. The fraction of sp³-hybridized carbons (Fsp3) is 0.647. The van der Waals surface area contributed by atoms with E-state index in [-0.39, 0.29) is 6.10 Å². The first-order chi connectivity index (χ1) is 9.88. The van der Waals surface area contributed by atoms with Gasteiger partial charge in [0.05, 0.1) is 18.8 Å². The van der Waals surface area contributed by atoms with Gasteiger partial charge >= 0.3 is 0 Å². The Balaban J connectivity index is 2.27. The van der Waals surface area contributed by atoms with E-state index in [4.69, 9.17) is 4.74 Å². The third-order valence-corrected chi connectivity index (χ3v) is 3.30. The molecule has 0 saturated heterocycles. The molecule has 4 heteroatoms. The average molecular weight is 294 g/mol. The molecule has 1 aromatic rings. The van der Waals surface area contributed by atoms with Crippen molar-refractivity contribution in [1.29, 1.82) is 0 Å². The molecule has 0 aliphatic rings. The second-order valence-corrected chi connectivity index (χ2v) is 6.25. The fourth-order valence-electron chi connectivity index (χ4n) is 2.18. The Morgan fingerprint density at radius 2 is 1.76 bits per heavy atom. The molecule has 21 heavy (non-hydrogen) atoms. The molecule has 0 aliphatic carbocycles. The molecule has 0 spiro atoms. The standard InChI is InChI=1S/C17H30N2O2/c1-13(2)10-14(3)21-12-17(20)11-18-15-6-8-16(9-7-15)19(4)5/h6-9,13-14,17-18,20H,10-12H2,1-5H3. The van der Waals surface area contributed by atoms with Crippen LogP contribution in [0.4, 0.5) is 11.4 Å². The highest BCUT2D eigenvalue weighted by Crippen LogP contribution is 2.15. The molecule has 0 aromatic heterocycles. The van der Waals surface area contributed by atoms with Gasteiger partial charge in [-0.2, -0.15) is 0 Å². The van der Waals surface area contributed by atoms with Crippen molar-refractivity contribution in [2.45, 2.75) is 39.4 Å². The Morgan fingerprint density at radius 3 is 2.29 bits per heavy atom. The van der Waals surface area contributed by atoms with Crippen LogP contribution < -0.4 is 10.2 Å². The molecule has 0 saturated carbocycles. The van der Waals surface area contributed by atoms with Gasteiger partial charge in [0.1, 0.15) is 0 Å². The molecule has 4 nitrogen and oxygen atoms in total. The number of ether oxygens (including phenoxy) is 1. The van der Waals surface area contributed by atoms with Gasteiger partial charge in [0.25, 0.3) is 0 Å². The summed E-state index contributed by atoms with van der Waals surface area (Å²) in [5, 5.41) is 13.2.